The van der Waals surface area contributed by atoms with Crippen molar-refractivity contribution < 1.29 is 13.9 Å². The van der Waals surface area contributed by atoms with E-state index in [9.17, 15) is 9.18 Å². The van der Waals surface area contributed by atoms with E-state index in [0.717, 1.165) is 18.4 Å². The molecule has 2 aromatic heterocycles. The lowest BCUT2D eigenvalue weighted by Crippen LogP contribution is -2.44. The number of thiazole rings is 1. The lowest BCUT2D eigenvalue weighted by Gasteiger charge is -2.38. The summed E-state index contributed by atoms with van der Waals surface area (Å²) < 4.78 is 18.9. The number of nitrogens with zero attached hydrogens (tertiary/aromatic N) is 3. The fourth-order valence-corrected chi connectivity index (χ4v) is 4.51. The van der Waals surface area contributed by atoms with E-state index < -0.39 is 0 Å². The smallest absolute Gasteiger partial charge is 0.263 e. The number of benzene rings is 1. The van der Waals surface area contributed by atoms with Gasteiger partial charge in [0.2, 0.25) is 0 Å². The lowest BCUT2D eigenvalue weighted by molar-refractivity contribution is 0.0487. The van der Waals surface area contributed by atoms with Crippen molar-refractivity contribution in [2.24, 2.45) is 0 Å². The Labute approximate surface area is 172 Å². The van der Waals surface area contributed by atoms with E-state index in [4.69, 9.17) is 4.74 Å². The maximum absolute atomic E-state index is 13.4. The fourth-order valence-electron chi connectivity index (χ4n) is 3.58. The highest BCUT2D eigenvalue weighted by molar-refractivity contribution is 7.17. The zero-order chi connectivity index (χ0) is 20.3. The average Bonchev–Trinajstić information content (AvgIpc) is 3.15. The molecule has 0 spiro atoms. The Hall–Kier alpha value is -2.71. The molecule has 1 aromatic carbocycles. The fraction of sp³-hybridized carbons (Fsp3) is 0.333. The van der Waals surface area contributed by atoms with Crippen molar-refractivity contribution in [3.05, 3.63) is 64.7 Å². The van der Waals surface area contributed by atoms with Gasteiger partial charge in [-0.2, -0.15) is 0 Å². The zero-order valence-corrected chi connectivity index (χ0v) is 16.8. The standard InChI is InChI=1S/C21H21FN4O2S/c1-14-17(29-20(26-14)18-23-9-2-10-24-18)19(27)25-13-21(7-11-28-12-8-21)15-3-5-16(22)6-4-15/h2-6,9-10H,7-8,11-13H2,1H3,(H,25,27). The Morgan fingerprint density at radius 1 is 1.21 bits per heavy atom. The minimum Gasteiger partial charge on any atom is -0.381 e. The van der Waals surface area contributed by atoms with Gasteiger partial charge in [0.15, 0.2) is 10.8 Å². The third-order valence-electron chi connectivity index (χ3n) is 5.25. The summed E-state index contributed by atoms with van der Waals surface area (Å²) in [7, 11) is 0. The van der Waals surface area contributed by atoms with Crippen molar-refractivity contribution in [3.8, 4) is 10.8 Å². The number of rotatable bonds is 5. The number of halogens is 1. The van der Waals surface area contributed by atoms with E-state index in [1.54, 1.807) is 30.6 Å². The predicted molar refractivity (Wildman–Crippen MR) is 108 cm³/mol. The molecule has 0 unspecified atom stereocenters. The summed E-state index contributed by atoms with van der Waals surface area (Å²) in [4.78, 5) is 26.3. The van der Waals surface area contributed by atoms with Gasteiger partial charge in [-0.3, -0.25) is 4.79 Å². The third kappa shape index (κ3) is 4.18. The number of hydrogen-bond donors (Lipinski definition) is 1. The molecule has 0 bridgehead atoms. The van der Waals surface area contributed by atoms with E-state index in [1.165, 1.54) is 23.5 Å². The van der Waals surface area contributed by atoms with Gasteiger partial charge < -0.3 is 10.1 Å². The molecule has 6 nitrogen and oxygen atoms in total. The number of carbonyl (C=O) groups is 1. The summed E-state index contributed by atoms with van der Waals surface area (Å²) in [5.74, 6) is 0.0676. The molecule has 1 fully saturated rings. The van der Waals surface area contributed by atoms with E-state index in [0.29, 0.717) is 41.2 Å². The molecule has 1 aliphatic heterocycles. The van der Waals surface area contributed by atoms with Crippen LogP contribution in [0.4, 0.5) is 4.39 Å². The van der Waals surface area contributed by atoms with Crippen LogP contribution in [0.5, 0.6) is 0 Å². The molecule has 150 valence electrons. The van der Waals surface area contributed by atoms with E-state index in [-0.39, 0.29) is 17.1 Å². The van der Waals surface area contributed by atoms with Gasteiger partial charge in [-0.25, -0.2) is 19.3 Å². The molecule has 8 heteroatoms. The molecule has 0 aliphatic carbocycles. The van der Waals surface area contributed by atoms with E-state index >= 15 is 0 Å². The monoisotopic (exact) mass is 412 g/mol. The van der Waals surface area contributed by atoms with Crippen molar-refractivity contribution in [3.63, 3.8) is 0 Å². The number of ether oxygens (including phenoxy) is 1. The number of hydrogen-bond acceptors (Lipinski definition) is 6. The Kier molecular flexibility index (Phi) is 5.64. The van der Waals surface area contributed by atoms with Crippen LogP contribution in [0.2, 0.25) is 0 Å². The molecular formula is C21H21FN4O2S. The van der Waals surface area contributed by atoms with E-state index in [1.807, 2.05) is 6.92 Å². The number of aromatic nitrogens is 3. The van der Waals surface area contributed by atoms with Crippen molar-refractivity contribution in [2.45, 2.75) is 25.2 Å². The molecule has 0 atom stereocenters. The highest BCUT2D eigenvalue weighted by Crippen LogP contribution is 2.35. The van der Waals surface area contributed by atoms with Gasteiger partial charge in [0.05, 0.1) is 5.69 Å². The first-order valence-corrected chi connectivity index (χ1v) is 10.3. The molecule has 29 heavy (non-hydrogen) atoms. The van der Waals surface area contributed by atoms with Crippen LogP contribution in [0.25, 0.3) is 10.8 Å². The largest absolute Gasteiger partial charge is 0.381 e. The first-order chi connectivity index (χ1) is 14.1. The predicted octanol–water partition coefficient (Wildman–Crippen LogP) is 3.53. The summed E-state index contributed by atoms with van der Waals surface area (Å²) in [5, 5.41) is 3.69. The van der Waals surface area contributed by atoms with Crippen molar-refractivity contribution in [1.82, 2.24) is 20.3 Å². The molecule has 1 N–H and O–H groups in total. The summed E-state index contributed by atoms with van der Waals surface area (Å²) in [5.41, 5.74) is 1.39. The van der Waals surface area contributed by atoms with Crippen LogP contribution in [-0.4, -0.2) is 40.6 Å². The van der Waals surface area contributed by atoms with Gasteiger partial charge in [-0.15, -0.1) is 11.3 Å². The van der Waals surface area contributed by atoms with Gasteiger partial charge in [0, 0.05) is 37.6 Å². The van der Waals surface area contributed by atoms with Gasteiger partial charge in [0.25, 0.3) is 5.91 Å². The van der Waals surface area contributed by atoms with Crippen LogP contribution in [-0.2, 0) is 10.2 Å². The van der Waals surface area contributed by atoms with Gasteiger partial charge >= 0.3 is 0 Å². The summed E-state index contributed by atoms with van der Waals surface area (Å²) in [6.45, 7) is 3.49. The Morgan fingerprint density at radius 3 is 2.59 bits per heavy atom. The van der Waals surface area contributed by atoms with Gasteiger partial charge in [-0.05, 0) is 43.5 Å². The summed E-state index contributed by atoms with van der Waals surface area (Å²) in [6.07, 6.45) is 4.83. The molecular weight excluding hydrogens is 391 g/mol. The number of carbonyl (C=O) groups excluding carboxylic acids is 1. The van der Waals surface area contributed by atoms with Crippen LogP contribution in [0.3, 0.4) is 0 Å². The van der Waals surface area contributed by atoms with Crippen LogP contribution in [0, 0.1) is 12.7 Å². The first kappa shape index (κ1) is 19.6. The lowest BCUT2D eigenvalue weighted by atomic mass is 9.74. The second-order valence-corrected chi connectivity index (χ2v) is 8.09. The molecule has 4 rings (SSSR count). The average molecular weight is 412 g/mol. The van der Waals surface area contributed by atoms with Crippen molar-refractivity contribution >= 4 is 17.2 Å². The molecule has 1 amide bonds. The Bertz CT molecular complexity index is 986. The summed E-state index contributed by atoms with van der Waals surface area (Å²) in [6, 6.07) is 8.27. The number of aryl methyl sites for hydroxylation is 1. The van der Waals surface area contributed by atoms with Crippen molar-refractivity contribution in [1.29, 1.82) is 0 Å². The maximum atomic E-state index is 13.4. The Balaban J connectivity index is 1.53. The van der Waals surface area contributed by atoms with Crippen molar-refractivity contribution in [2.75, 3.05) is 19.8 Å². The van der Waals surface area contributed by atoms with Crippen LogP contribution in [0.1, 0.15) is 33.8 Å². The molecule has 3 aromatic rings. The maximum Gasteiger partial charge on any atom is 0.263 e. The second-order valence-electron chi connectivity index (χ2n) is 7.09. The summed E-state index contributed by atoms with van der Waals surface area (Å²) >= 11 is 1.28. The highest BCUT2D eigenvalue weighted by atomic mass is 32.1. The zero-order valence-electron chi connectivity index (χ0n) is 16.0. The minimum atomic E-state index is -0.272. The topological polar surface area (TPSA) is 77.0 Å². The van der Waals surface area contributed by atoms with Gasteiger partial charge in [0.1, 0.15) is 10.7 Å². The van der Waals surface area contributed by atoms with Crippen LogP contribution < -0.4 is 5.32 Å². The van der Waals surface area contributed by atoms with Gasteiger partial charge in [-0.1, -0.05) is 12.1 Å². The minimum absolute atomic E-state index is 0.171. The molecule has 3 heterocycles. The third-order valence-corrected chi connectivity index (χ3v) is 6.41. The second kappa shape index (κ2) is 8.34. The molecule has 0 saturated carbocycles. The van der Waals surface area contributed by atoms with E-state index in [2.05, 4.69) is 20.3 Å². The SMILES string of the molecule is Cc1nc(-c2ncccn2)sc1C(=O)NCC1(c2ccc(F)cc2)CCOCC1. The first-order valence-electron chi connectivity index (χ1n) is 9.44. The molecule has 1 saturated heterocycles. The molecule has 1 aliphatic rings. The molecule has 0 radical (unpaired) electrons. The Morgan fingerprint density at radius 2 is 1.90 bits per heavy atom. The normalized spacial score (nSPS) is 15.8. The quantitative estimate of drug-likeness (QED) is 0.694. The number of nitrogens with one attached hydrogen (secondary N) is 1. The number of amides is 1. The van der Waals surface area contributed by atoms with Crippen LogP contribution >= 0.6 is 11.3 Å². The highest BCUT2D eigenvalue weighted by Gasteiger charge is 2.35. The van der Waals surface area contributed by atoms with Crippen LogP contribution in [0.15, 0.2) is 42.7 Å².